The van der Waals surface area contributed by atoms with Gasteiger partial charge in [0.1, 0.15) is 0 Å². The van der Waals surface area contributed by atoms with Crippen molar-refractivity contribution in [2.45, 2.75) is 69.4 Å². The monoisotopic (exact) mass is 425 g/mol. The Balaban J connectivity index is 1.55. The first-order valence-electron chi connectivity index (χ1n) is 12.8. The average molecular weight is 426 g/mol. The predicted octanol–water partition coefficient (Wildman–Crippen LogP) is 7.30. The number of fused-ring (bicyclic) bond motifs is 1. The number of nitrogens with zero attached hydrogens (tertiary/aromatic N) is 1. The second-order valence-electron chi connectivity index (χ2n) is 10.1. The van der Waals surface area contributed by atoms with E-state index in [2.05, 4.69) is 71.6 Å². The number of likely N-dealkylation sites (tertiary alicyclic amines) is 1. The average Bonchev–Trinajstić information content (AvgIpc) is 3.40. The molecular formula is C30H35NO. The highest BCUT2D eigenvalue weighted by Gasteiger charge is 2.58. The zero-order valence-electron chi connectivity index (χ0n) is 19.1. The van der Waals surface area contributed by atoms with E-state index in [0.29, 0.717) is 11.8 Å². The van der Waals surface area contributed by atoms with Crippen LogP contribution in [-0.4, -0.2) is 23.7 Å². The molecule has 1 saturated heterocycles. The largest absolute Gasteiger partial charge is 0.473 e. The maximum absolute atomic E-state index is 7.34. The van der Waals surface area contributed by atoms with Gasteiger partial charge in [-0.2, -0.15) is 0 Å². The van der Waals surface area contributed by atoms with Gasteiger partial charge in [0.15, 0.2) is 5.72 Å². The number of rotatable bonds is 3. The van der Waals surface area contributed by atoms with Crippen LogP contribution in [0.2, 0.25) is 0 Å². The molecule has 2 aromatic carbocycles. The van der Waals surface area contributed by atoms with Crippen molar-refractivity contribution in [3.05, 3.63) is 88.7 Å². The molecule has 4 aliphatic rings. The maximum Gasteiger partial charge on any atom is 0.189 e. The highest BCUT2D eigenvalue weighted by molar-refractivity contribution is 5.57. The Bertz CT molecular complexity index is 1000. The van der Waals surface area contributed by atoms with Crippen LogP contribution < -0.4 is 0 Å². The minimum absolute atomic E-state index is 0.277. The van der Waals surface area contributed by atoms with Gasteiger partial charge in [-0.1, -0.05) is 66.7 Å². The Kier molecular flexibility index (Phi) is 5.43. The van der Waals surface area contributed by atoms with Crippen LogP contribution in [0.3, 0.4) is 0 Å². The summed E-state index contributed by atoms with van der Waals surface area (Å²) in [6, 6.07) is 22.3. The molecule has 2 aliphatic heterocycles. The van der Waals surface area contributed by atoms with E-state index in [9.17, 15) is 0 Å². The van der Waals surface area contributed by atoms with E-state index in [1.807, 2.05) is 0 Å². The lowest BCUT2D eigenvalue weighted by Gasteiger charge is -2.57. The molecule has 6 rings (SSSR count). The number of allylic oxidation sites excluding steroid dienone is 2. The van der Waals surface area contributed by atoms with E-state index < -0.39 is 0 Å². The lowest BCUT2D eigenvalue weighted by atomic mass is 9.63. The number of benzene rings is 2. The van der Waals surface area contributed by atoms with Crippen molar-refractivity contribution in [1.82, 2.24) is 4.90 Å². The molecule has 1 saturated carbocycles. The second kappa shape index (κ2) is 8.56. The van der Waals surface area contributed by atoms with Crippen LogP contribution in [0, 0.1) is 5.92 Å². The van der Waals surface area contributed by atoms with Crippen molar-refractivity contribution in [3.63, 3.8) is 0 Å². The normalized spacial score (nSPS) is 31.8. The SMILES string of the molecule is C(=C1/CCCC2C(c3ccccc3)C3=C(CCCC3)OC12N1CCCC1)/c1ccccc1. The summed E-state index contributed by atoms with van der Waals surface area (Å²) in [6.07, 6.45) is 13.6. The lowest BCUT2D eigenvalue weighted by Crippen LogP contribution is -2.61. The fourth-order valence-electron chi connectivity index (χ4n) is 7.01. The zero-order valence-corrected chi connectivity index (χ0v) is 19.1. The summed E-state index contributed by atoms with van der Waals surface area (Å²) in [7, 11) is 0. The summed E-state index contributed by atoms with van der Waals surface area (Å²) < 4.78 is 7.34. The van der Waals surface area contributed by atoms with Crippen LogP contribution in [-0.2, 0) is 4.74 Å². The van der Waals surface area contributed by atoms with Gasteiger partial charge in [-0.15, -0.1) is 0 Å². The summed E-state index contributed by atoms with van der Waals surface area (Å²) in [4.78, 5) is 2.74. The molecular weight excluding hydrogens is 390 g/mol. The standard InChI is InChI=1S/C30H35NO/c1-3-12-23(13-4-1)22-25-16-11-18-27-29(24-14-5-2-6-15-24)26-17-7-8-19-28(26)32-30(25,27)31-20-9-10-21-31/h1-6,12-15,22,27,29H,7-11,16-21H2/b25-22+. The van der Waals surface area contributed by atoms with E-state index in [-0.39, 0.29) is 5.72 Å². The van der Waals surface area contributed by atoms with Crippen LogP contribution in [0.4, 0.5) is 0 Å². The van der Waals surface area contributed by atoms with Gasteiger partial charge >= 0.3 is 0 Å². The van der Waals surface area contributed by atoms with Crippen molar-refractivity contribution in [2.75, 3.05) is 13.1 Å². The Hall–Kier alpha value is -2.32. The Morgan fingerprint density at radius 1 is 0.781 bits per heavy atom. The molecule has 2 nitrogen and oxygen atoms in total. The summed E-state index contributed by atoms with van der Waals surface area (Å²) in [6.45, 7) is 2.32. The third-order valence-electron chi connectivity index (χ3n) is 8.31. The Labute approximate surface area is 193 Å². The number of ether oxygens (including phenoxy) is 1. The summed E-state index contributed by atoms with van der Waals surface area (Å²) in [5.74, 6) is 2.30. The molecule has 0 N–H and O–H groups in total. The zero-order chi connectivity index (χ0) is 21.4. The highest BCUT2D eigenvalue weighted by atomic mass is 16.5. The van der Waals surface area contributed by atoms with Crippen LogP contribution in [0.25, 0.3) is 6.08 Å². The molecule has 0 radical (unpaired) electrons. The molecule has 3 atom stereocenters. The molecule has 0 amide bonds. The Morgan fingerprint density at radius 2 is 1.50 bits per heavy atom. The maximum atomic E-state index is 7.34. The van der Waals surface area contributed by atoms with Gasteiger partial charge in [0.2, 0.25) is 0 Å². The summed E-state index contributed by atoms with van der Waals surface area (Å²) >= 11 is 0. The van der Waals surface area contributed by atoms with Gasteiger partial charge < -0.3 is 4.74 Å². The third kappa shape index (κ3) is 3.35. The second-order valence-corrected chi connectivity index (χ2v) is 10.1. The van der Waals surface area contributed by atoms with E-state index in [1.165, 1.54) is 67.4 Å². The van der Waals surface area contributed by atoms with Crippen molar-refractivity contribution < 1.29 is 4.74 Å². The van der Waals surface area contributed by atoms with Crippen LogP contribution in [0.15, 0.2) is 77.6 Å². The van der Waals surface area contributed by atoms with Crippen LogP contribution in [0.1, 0.15) is 74.8 Å². The highest BCUT2D eigenvalue weighted by Crippen LogP contribution is 2.58. The molecule has 0 aromatic heterocycles. The fourth-order valence-corrected chi connectivity index (χ4v) is 7.01. The molecule has 2 aromatic rings. The van der Waals surface area contributed by atoms with Crippen molar-refractivity contribution in [1.29, 1.82) is 0 Å². The van der Waals surface area contributed by atoms with Crippen molar-refractivity contribution >= 4 is 6.08 Å². The first-order valence-corrected chi connectivity index (χ1v) is 12.8. The van der Waals surface area contributed by atoms with Crippen LogP contribution in [0.5, 0.6) is 0 Å². The molecule has 0 spiro atoms. The minimum Gasteiger partial charge on any atom is -0.473 e. The smallest absolute Gasteiger partial charge is 0.189 e. The molecule has 3 unspecified atom stereocenters. The Morgan fingerprint density at radius 3 is 2.28 bits per heavy atom. The summed E-state index contributed by atoms with van der Waals surface area (Å²) in [5, 5.41) is 0. The van der Waals surface area contributed by atoms with Gasteiger partial charge in [0.05, 0.1) is 5.76 Å². The van der Waals surface area contributed by atoms with Crippen molar-refractivity contribution in [2.24, 2.45) is 5.92 Å². The first-order chi connectivity index (χ1) is 15.9. The van der Waals surface area contributed by atoms with Gasteiger partial charge in [0, 0.05) is 31.3 Å². The van der Waals surface area contributed by atoms with Gasteiger partial charge in [-0.05, 0) is 73.6 Å². The number of hydrogen-bond donors (Lipinski definition) is 0. The minimum atomic E-state index is -0.277. The molecule has 2 heterocycles. The van der Waals surface area contributed by atoms with E-state index in [1.54, 1.807) is 5.57 Å². The lowest BCUT2D eigenvalue weighted by molar-refractivity contribution is -0.161. The fraction of sp³-hybridized carbons (Fsp3) is 0.467. The summed E-state index contributed by atoms with van der Waals surface area (Å²) in [5.41, 5.74) is 5.66. The van der Waals surface area contributed by atoms with Crippen LogP contribution >= 0.6 is 0 Å². The van der Waals surface area contributed by atoms with E-state index in [4.69, 9.17) is 4.74 Å². The van der Waals surface area contributed by atoms with Gasteiger partial charge in [0.25, 0.3) is 0 Å². The number of hydrogen-bond acceptors (Lipinski definition) is 2. The molecule has 2 fully saturated rings. The molecule has 2 aliphatic carbocycles. The van der Waals surface area contributed by atoms with Gasteiger partial charge in [-0.3, -0.25) is 4.90 Å². The van der Waals surface area contributed by atoms with E-state index in [0.717, 1.165) is 25.9 Å². The molecule has 32 heavy (non-hydrogen) atoms. The van der Waals surface area contributed by atoms with E-state index >= 15 is 0 Å². The molecule has 0 bridgehead atoms. The first kappa shape index (κ1) is 20.3. The van der Waals surface area contributed by atoms with Crippen molar-refractivity contribution in [3.8, 4) is 0 Å². The predicted molar refractivity (Wildman–Crippen MR) is 131 cm³/mol. The quantitative estimate of drug-likeness (QED) is 0.511. The third-order valence-corrected chi connectivity index (χ3v) is 8.31. The van der Waals surface area contributed by atoms with Gasteiger partial charge in [-0.25, -0.2) is 0 Å². The molecule has 2 heteroatoms. The topological polar surface area (TPSA) is 12.5 Å². The molecule has 166 valence electrons.